The Labute approximate surface area is 134 Å². The SMILES string of the molecule is CCCCCN=C(NCC)N1CCN(c2ccccn2)CC1. The van der Waals surface area contributed by atoms with Crippen LogP contribution in [-0.2, 0) is 0 Å². The number of anilines is 1. The van der Waals surface area contributed by atoms with E-state index in [-0.39, 0.29) is 0 Å². The Bertz CT molecular complexity index is 438. The summed E-state index contributed by atoms with van der Waals surface area (Å²) in [5.41, 5.74) is 0. The van der Waals surface area contributed by atoms with Crippen LogP contribution in [0.4, 0.5) is 5.82 Å². The standard InChI is InChI=1S/C17H29N5/c1-3-5-7-11-20-17(18-4-2)22-14-12-21(13-15-22)16-9-6-8-10-19-16/h6,8-10H,3-5,7,11-15H2,1-2H3,(H,18,20). The number of piperazine rings is 1. The van der Waals surface area contributed by atoms with Crippen LogP contribution in [0.3, 0.4) is 0 Å². The minimum atomic E-state index is 0.924. The van der Waals surface area contributed by atoms with Crippen LogP contribution < -0.4 is 10.2 Å². The molecule has 0 saturated carbocycles. The van der Waals surface area contributed by atoms with Crippen LogP contribution in [0.25, 0.3) is 0 Å². The van der Waals surface area contributed by atoms with Crippen molar-refractivity contribution >= 4 is 11.8 Å². The van der Waals surface area contributed by atoms with Gasteiger partial charge in [0.05, 0.1) is 0 Å². The van der Waals surface area contributed by atoms with Gasteiger partial charge in [-0.1, -0.05) is 25.8 Å². The van der Waals surface area contributed by atoms with Gasteiger partial charge >= 0.3 is 0 Å². The molecule has 5 nitrogen and oxygen atoms in total. The average Bonchev–Trinajstić information content (AvgIpc) is 2.59. The Morgan fingerprint density at radius 3 is 2.64 bits per heavy atom. The van der Waals surface area contributed by atoms with E-state index < -0.39 is 0 Å². The van der Waals surface area contributed by atoms with E-state index in [1.807, 2.05) is 18.3 Å². The molecule has 1 aromatic heterocycles. The summed E-state index contributed by atoms with van der Waals surface area (Å²) < 4.78 is 0. The zero-order valence-electron chi connectivity index (χ0n) is 14.0. The number of aromatic nitrogens is 1. The molecule has 122 valence electrons. The summed E-state index contributed by atoms with van der Waals surface area (Å²) in [4.78, 5) is 13.9. The zero-order valence-corrected chi connectivity index (χ0v) is 14.0. The minimum Gasteiger partial charge on any atom is -0.357 e. The van der Waals surface area contributed by atoms with Crippen molar-refractivity contribution in [3.8, 4) is 0 Å². The first-order valence-electron chi connectivity index (χ1n) is 8.54. The van der Waals surface area contributed by atoms with Crippen LogP contribution in [0.5, 0.6) is 0 Å². The Morgan fingerprint density at radius 1 is 1.18 bits per heavy atom. The lowest BCUT2D eigenvalue weighted by Crippen LogP contribution is -2.52. The summed E-state index contributed by atoms with van der Waals surface area (Å²) in [6.45, 7) is 10.2. The lowest BCUT2D eigenvalue weighted by molar-refractivity contribution is 0.371. The van der Waals surface area contributed by atoms with Gasteiger partial charge in [-0.25, -0.2) is 4.98 Å². The number of hydrogen-bond donors (Lipinski definition) is 1. The molecule has 1 aliphatic rings. The highest BCUT2D eigenvalue weighted by Crippen LogP contribution is 2.12. The van der Waals surface area contributed by atoms with Gasteiger partial charge < -0.3 is 15.1 Å². The third kappa shape index (κ3) is 4.90. The fourth-order valence-electron chi connectivity index (χ4n) is 2.66. The molecular formula is C17H29N5. The summed E-state index contributed by atoms with van der Waals surface area (Å²) in [7, 11) is 0. The number of unbranched alkanes of at least 4 members (excludes halogenated alkanes) is 2. The van der Waals surface area contributed by atoms with Gasteiger partial charge in [0.25, 0.3) is 0 Å². The molecule has 0 radical (unpaired) electrons. The van der Waals surface area contributed by atoms with Gasteiger partial charge in [0.1, 0.15) is 5.82 Å². The lowest BCUT2D eigenvalue weighted by atomic mass is 10.2. The zero-order chi connectivity index (χ0) is 15.6. The highest BCUT2D eigenvalue weighted by molar-refractivity contribution is 5.80. The van der Waals surface area contributed by atoms with Crippen LogP contribution in [0.2, 0.25) is 0 Å². The molecule has 1 aromatic rings. The van der Waals surface area contributed by atoms with Crippen LogP contribution in [0.15, 0.2) is 29.4 Å². The third-order valence-corrected chi connectivity index (χ3v) is 3.91. The molecule has 0 atom stereocenters. The number of aliphatic imine (C=N–C) groups is 1. The largest absolute Gasteiger partial charge is 0.357 e. The van der Waals surface area contributed by atoms with E-state index in [2.05, 4.69) is 40.0 Å². The van der Waals surface area contributed by atoms with Gasteiger partial charge in [-0.2, -0.15) is 0 Å². The highest BCUT2D eigenvalue weighted by atomic mass is 15.4. The Balaban J connectivity index is 1.87. The van der Waals surface area contributed by atoms with Crippen molar-refractivity contribution in [1.82, 2.24) is 15.2 Å². The monoisotopic (exact) mass is 303 g/mol. The normalized spacial score (nSPS) is 16.0. The number of nitrogens with one attached hydrogen (secondary N) is 1. The van der Waals surface area contributed by atoms with Crippen LogP contribution in [0, 0.1) is 0 Å². The molecule has 1 N–H and O–H groups in total. The first-order valence-corrected chi connectivity index (χ1v) is 8.54. The van der Waals surface area contributed by atoms with Crippen molar-refractivity contribution in [3.05, 3.63) is 24.4 Å². The second-order valence-electron chi connectivity index (χ2n) is 5.60. The second kappa shape index (κ2) is 9.28. The molecule has 0 spiro atoms. The van der Waals surface area contributed by atoms with E-state index in [1.165, 1.54) is 19.3 Å². The summed E-state index contributed by atoms with van der Waals surface area (Å²) in [6, 6.07) is 6.10. The molecule has 0 unspecified atom stereocenters. The molecule has 1 fully saturated rings. The maximum Gasteiger partial charge on any atom is 0.194 e. The van der Waals surface area contributed by atoms with Gasteiger partial charge in [-0.05, 0) is 25.5 Å². The van der Waals surface area contributed by atoms with Gasteiger partial charge in [0.2, 0.25) is 0 Å². The molecule has 1 saturated heterocycles. The van der Waals surface area contributed by atoms with Gasteiger partial charge in [0.15, 0.2) is 5.96 Å². The fraction of sp³-hybridized carbons (Fsp3) is 0.647. The molecular weight excluding hydrogens is 274 g/mol. The Kier molecular flexibility index (Phi) is 7.00. The number of rotatable bonds is 6. The third-order valence-electron chi connectivity index (χ3n) is 3.91. The van der Waals surface area contributed by atoms with Crippen molar-refractivity contribution < 1.29 is 0 Å². The van der Waals surface area contributed by atoms with Crippen molar-refractivity contribution in [2.24, 2.45) is 4.99 Å². The van der Waals surface area contributed by atoms with Crippen molar-refractivity contribution in [3.63, 3.8) is 0 Å². The molecule has 2 rings (SSSR count). The molecule has 2 heterocycles. The molecule has 0 aliphatic carbocycles. The maximum atomic E-state index is 4.77. The van der Waals surface area contributed by atoms with Gasteiger partial charge in [-0.15, -0.1) is 0 Å². The van der Waals surface area contributed by atoms with Crippen LogP contribution in [0.1, 0.15) is 33.1 Å². The van der Waals surface area contributed by atoms with E-state index in [0.29, 0.717) is 0 Å². The van der Waals surface area contributed by atoms with E-state index >= 15 is 0 Å². The first kappa shape index (κ1) is 16.6. The van der Waals surface area contributed by atoms with E-state index in [9.17, 15) is 0 Å². The molecule has 1 aliphatic heterocycles. The summed E-state index contributed by atoms with van der Waals surface area (Å²) >= 11 is 0. The number of nitrogens with zero attached hydrogens (tertiary/aromatic N) is 4. The van der Waals surface area contributed by atoms with Crippen LogP contribution >= 0.6 is 0 Å². The molecule has 5 heteroatoms. The lowest BCUT2D eigenvalue weighted by Gasteiger charge is -2.37. The summed E-state index contributed by atoms with van der Waals surface area (Å²) in [6.07, 6.45) is 5.55. The molecule has 0 amide bonds. The van der Waals surface area contributed by atoms with Crippen molar-refractivity contribution in [2.75, 3.05) is 44.2 Å². The maximum absolute atomic E-state index is 4.77. The number of guanidine groups is 1. The summed E-state index contributed by atoms with van der Waals surface area (Å²) in [5.74, 6) is 2.14. The first-order chi connectivity index (χ1) is 10.8. The number of pyridine rings is 1. The number of hydrogen-bond acceptors (Lipinski definition) is 3. The Morgan fingerprint density at radius 2 is 2.00 bits per heavy atom. The van der Waals surface area contributed by atoms with E-state index in [1.54, 1.807) is 0 Å². The van der Waals surface area contributed by atoms with E-state index in [4.69, 9.17) is 4.99 Å². The van der Waals surface area contributed by atoms with Gasteiger partial charge in [-0.3, -0.25) is 4.99 Å². The predicted molar refractivity (Wildman–Crippen MR) is 93.5 cm³/mol. The topological polar surface area (TPSA) is 43.8 Å². The quantitative estimate of drug-likeness (QED) is 0.498. The smallest absolute Gasteiger partial charge is 0.194 e. The van der Waals surface area contributed by atoms with Gasteiger partial charge in [0, 0.05) is 45.5 Å². The minimum absolute atomic E-state index is 0.924. The van der Waals surface area contributed by atoms with Crippen molar-refractivity contribution in [1.29, 1.82) is 0 Å². The highest BCUT2D eigenvalue weighted by Gasteiger charge is 2.20. The second-order valence-corrected chi connectivity index (χ2v) is 5.60. The summed E-state index contributed by atoms with van der Waals surface area (Å²) in [5, 5.41) is 3.43. The fourth-order valence-corrected chi connectivity index (χ4v) is 2.66. The van der Waals surface area contributed by atoms with E-state index in [0.717, 1.165) is 51.0 Å². The predicted octanol–water partition coefficient (Wildman–Crippen LogP) is 2.36. The van der Waals surface area contributed by atoms with Crippen molar-refractivity contribution in [2.45, 2.75) is 33.1 Å². The molecule has 22 heavy (non-hydrogen) atoms. The molecule has 0 aromatic carbocycles. The average molecular weight is 303 g/mol. The van der Waals surface area contributed by atoms with Crippen LogP contribution in [-0.4, -0.2) is 55.1 Å². The molecule has 0 bridgehead atoms. The Hall–Kier alpha value is -1.78.